The molecule has 4 nitrogen and oxygen atoms in total. The first-order valence-electron chi connectivity index (χ1n) is 9.53. The minimum Gasteiger partial charge on any atom is -0.371 e. The third-order valence-electron chi connectivity index (χ3n) is 5.86. The van der Waals surface area contributed by atoms with Crippen LogP contribution in [0.4, 0.5) is 11.4 Å². The molecule has 1 aliphatic carbocycles. The molecule has 2 aromatic rings. The fourth-order valence-electron chi connectivity index (χ4n) is 4.03. The Morgan fingerprint density at radius 2 is 1.81 bits per heavy atom. The molecular formula is C21H23ClN4S. The molecule has 3 aliphatic rings. The number of nitrogens with one attached hydrogen (secondary N) is 3. The second kappa shape index (κ2) is 6.73. The summed E-state index contributed by atoms with van der Waals surface area (Å²) in [6.45, 7) is 0. The molecule has 0 atom stereocenters. The maximum Gasteiger partial charge on any atom is 0.142 e. The van der Waals surface area contributed by atoms with Gasteiger partial charge >= 0.3 is 0 Å². The molecule has 1 spiro atoms. The minimum absolute atomic E-state index is 0.0466. The molecule has 1 saturated heterocycles. The standard InChI is InChI=1S/C21H23ClN4S/c22-16-5-3-4-15(14-16)20(8-9-20)26-25-19-21(10-12-27-13-11-21)24-18-7-2-1-6-17(18)23-19/h1-7,14,24,26H,8-13H2,(H,23,25). The first kappa shape index (κ1) is 17.4. The number of nitrogens with zero attached hydrogens (tertiary/aromatic N) is 1. The quantitative estimate of drug-likeness (QED) is 0.647. The van der Waals surface area contributed by atoms with Gasteiger partial charge in [0.2, 0.25) is 0 Å². The number of rotatable bonds is 3. The van der Waals surface area contributed by atoms with Crippen molar-refractivity contribution in [2.24, 2.45) is 4.99 Å². The molecule has 1 saturated carbocycles. The zero-order valence-electron chi connectivity index (χ0n) is 15.1. The van der Waals surface area contributed by atoms with E-state index in [9.17, 15) is 0 Å². The molecule has 2 heterocycles. The lowest BCUT2D eigenvalue weighted by Crippen LogP contribution is -2.60. The number of aliphatic imine (C=N–C) groups is 1. The van der Waals surface area contributed by atoms with E-state index in [1.165, 1.54) is 5.56 Å². The second-order valence-electron chi connectivity index (χ2n) is 7.64. The van der Waals surface area contributed by atoms with Gasteiger partial charge in [0.15, 0.2) is 0 Å². The number of hydrogen-bond donors (Lipinski definition) is 3. The highest BCUT2D eigenvalue weighted by molar-refractivity contribution is 7.99. The molecule has 0 amide bonds. The Labute approximate surface area is 169 Å². The maximum atomic E-state index is 6.22. The largest absolute Gasteiger partial charge is 0.371 e. The average molecular weight is 399 g/mol. The lowest BCUT2D eigenvalue weighted by molar-refractivity contribution is 0.459. The molecule has 2 aromatic carbocycles. The zero-order chi connectivity index (χ0) is 18.3. The zero-order valence-corrected chi connectivity index (χ0v) is 16.7. The van der Waals surface area contributed by atoms with Crippen LogP contribution in [0.5, 0.6) is 0 Å². The Morgan fingerprint density at radius 1 is 1.00 bits per heavy atom. The topological polar surface area (TPSA) is 48.5 Å². The smallest absolute Gasteiger partial charge is 0.142 e. The number of thioether (sulfide) groups is 1. The van der Waals surface area contributed by atoms with Gasteiger partial charge in [0.25, 0.3) is 0 Å². The summed E-state index contributed by atoms with van der Waals surface area (Å²) in [5, 5.41) is 4.58. The van der Waals surface area contributed by atoms with Crippen LogP contribution < -0.4 is 16.2 Å². The highest BCUT2D eigenvalue weighted by atomic mass is 35.5. The Balaban J connectivity index is 1.43. The third-order valence-corrected chi connectivity index (χ3v) is 7.08. The number of para-hydroxylation sites is 2. The van der Waals surface area contributed by atoms with Gasteiger partial charge in [-0.2, -0.15) is 11.8 Å². The normalized spacial score (nSPS) is 21.7. The van der Waals surface area contributed by atoms with Crippen molar-refractivity contribution in [3.63, 3.8) is 0 Å². The van der Waals surface area contributed by atoms with Crippen molar-refractivity contribution in [1.82, 2.24) is 10.9 Å². The average Bonchev–Trinajstić information content (AvgIpc) is 3.48. The van der Waals surface area contributed by atoms with E-state index in [2.05, 4.69) is 46.5 Å². The third kappa shape index (κ3) is 3.22. The van der Waals surface area contributed by atoms with Crippen molar-refractivity contribution < 1.29 is 0 Å². The highest BCUT2D eigenvalue weighted by Crippen LogP contribution is 2.46. The Morgan fingerprint density at radius 3 is 2.59 bits per heavy atom. The number of hydrogen-bond acceptors (Lipinski definition) is 5. The van der Waals surface area contributed by atoms with Crippen LogP contribution in [0.1, 0.15) is 31.2 Å². The van der Waals surface area contributed by atoms with E-state index >= 15 is 0 Å². The van der Waals surface area contributed by atoms with Gasteiger partial charge in [0.05, 0.1) is 22.5 Å². The summed E-state index contributed by atoms with van der Waals surface area (Å²) >= 11 is 8.24. The number of fused-ring (bicyclic) bond motifs is 1. The van der Waals surface area contributed by atoms with Crippen LogP contribution >= 0.6 is 23.4 Å². The fraction of sp³-hybridized carbons (Fsp3) is 0.381. The van der Waals surface area contributed by atoms with Crippen LogP contribution in [0.15, 0.2) is 53.5 Å². The SMILES string of the molecule is Clc1cccc(C2(NNC3=Nc4ccccc4NC34CCSCC4)CC2)c1. The van der Waals surface area contributed by atoms with Gasteiger partial charge in [-0.1, -0.05) is 35.9 Å². The maximum absolute atomic E-state index is 6.22. The molecule has 140 valence electrons. The van der Waals surface area contributed by atoms with Crippen molar-refractivity contribution in [3.8, 4) is 0 Å². The van der Waals surface area contributed by atoms with Gasteiger partial charge in [-0.15, -0.1) is 0 Å². The van der Waals surface area contributed by atoms with Gasteiger partial charge in [-0.05, 0) is 67.0 Å². The number of halogens is 1. The van der Waals surface area contributed by atoms with Crippen molar-refractivity contribution in [3.05, 3.63) is 59.1 Å². The van der Waals surface area contributed by atoms with E-state index in [1.54, 1.807) is 0 Å². The molecule has 0 unspecified atom stereocenters. The summed E-state index contributed by atoms with van der Waals surface area (Å²) < 4.78 is 0. The van der Waals surface area contributed by atoms with Gasteiger partial charge in [0, 0.05) is 5.02 Å². The molecule has 5 rings (SSSR count). The minimum atomic E-state index is -0.114. The van der Waals surface area contributed by atoms with Crippen molar-refractivity contribution in [2.75, 3.05) is 16.8 Å². The molecule has 0 aromatic heterocycles. The van der Waals surface area contributed by atoms with Crippen LogP contribution in [0.2, 0.25) is 5.02 Å². The van der Waals surface area contributed by atoms with Gasteiger partial charge < -0.3 is 10.7 Å². The van der Waals surface area contributed by atoms with Crippen LogP contribution in [0.3, 0.4) is 0 Å². The van der Waals surface area contributed by atoms with Crippen LogP contribution in [0.25, 0.3) is 0 Å². The molecular weight excluding hydrogens is 376 g/mol. The first-order valence-corrected chi connectivity index (χ1v) is 11.1. The number of amidine groups is 1. The predicted octanol–water partition coefficient (Wildman–Crippen LogP) is 4.84. The van der Waals surface area contributed by atoms with Crippen LogP contribution in [-0.2, 0) is 5.54 Å². The predicted molar refractivity (Wildman–Crippen MR) is 115 cm³/mol. The summed E-state index contributed by atoms with van der Waals surface area (Å²) in [5.74, 6) is 3.31. The Bertz CT molecular complexity index is 887. The second-order valence-corrected chi connectivity index (χ2v) is 9.30. The van der Waals surface area contributed by atoms with E-state index in [-0.39, 0.29) is 11.1 Å². The number of hydrazine groups is 1. The highest BCUT2D eigenvalue weighted by Gasteiger charge is 2.47. The van der Waals surface area contributed by atoms with Gasteiger partial charge in [-0.25, -0.2) is 10.4 Å². The molecule has 6 heteroatoms. The monoisotopic (exact) mass is 398 g/mol. The molecule has 0 radical (unpaired) electrons. The number of benzene rings is 2. The van der Waals surface area contributed by atoms with E-state index in [0.29, 0.717) is 0 Å². The lowest BCUT2D eigenvalue weighted by atomic mass is 9.88. The van der Waals surface area contributed by atoms with Crippen LogP contribution in [-0.4, -0.2) is 22.9 Å². The first-order chi connectivity index (χ1) is 13.2. The Hall–Kier alpha value is -1.69. The van der Waals surface area contributed by atoms with Gasteiger partial charge in [-0.3, -0.25) is 0 Å². The fourth-order valence-corrected chi connectivity index (χ4v) is 5.41. The lowest BCUT2D eigenvalue weighted by Gasteiger charge is -2.42. The van der Waals surface area contributed by atoms with E-state index in [4.69, 9.17) is 16.6 Å². The molecule has 2 aliphatic heterocycles. The summed E-state index contributed by atoms with van der Waals surface area (Å²) in [4.78, 5) is 5.01. The molecule has 0 bridgehead atoms. The van der Waals surface area contributed by atoms with Crippen molar-refractivity contribution in [1.29, 1.82) is 0 Å². The van der Waals surface area contributed by atoms with E-state index in [0.717, 1.165) is 59.4 Å². The van der Waals surface area contributed by atoms with Crippen LogP contribution in [0, 0.1) is 0 Å². The summed E-state index contributed by atoms with van der Waals surface area (Å²) in [5.41, 5.74) is 10.3. The van der Waals surface area contributed by atoms with Crippen molar-refractivity contribution >= 4 is 40.6 Å². The summed E-state index contributed by atoms with van der Waals surface area (Å²) in [6.07, 6.45) is 4.34. The van der Waals surface area contributed by atoms with E-state index < -0.39 is 0 Å². The summed E-state index contributed by atoms with van der Waals surface area (Å²) in [7, 11) is 0. The summed E-state index contributed by atoms with van der Waals surface area (Å²) in [6, 6.07) is 16.5. The molecule has 3 N–H and O–H groups in total. The Kier molecular flexibility index (Phi) is 4.34. The van der Waals surface area contributed by atoms with Gasteiger partial charge in [0.1, 0.15) is 5.84 Å². The molecule has 2 fully saturated rings. The molecule has 27 heavy (non-hydrogen) atoms. The van der Waals surface area contributed by atoms with Crippen molar-refractivity contribution in [2.45, 2.75) is 36.8 Å². The number of anilines is 1. The van der Waals surface area contributed by atoms with E-state index in [1.807, 2.05) is 30.0 Å².